The summed E-state index contributed by atoms with van der Waals surface area (Å²) in [6.45, 7) is 8.02. The molecule has 0 aliphatic heterocycles. The number of unbranched alkanes of at least 4 members (excludes halogenated alkanes) is 1. The Hall–Kier alpha value is -3.86. The minimum Gasteiger partial charge on any atom is -0.493 e. The molecule has 0 saturated carbocycles. The number of nitrogens with one attached hydrogen (secondary N) is 1. The average Bonchev–Trinajstić information content (AvgIpc) is 3.24. The van der Waals surface area contributed by atoms with Crippen molar-refractivity contribution in [2.45, 2.75) is 45.6 Å². The van der Waals surface area contributed by atoms with E-state index in [1.54, 1.807) is 0 Å². The first kappa shape index (κ1) is 25.2. The van der Waals surface area contributed by atoms with Gasteiger partial charge in [0.15, 0.2) is 0 Å². The number of hydrogen-bond acceptors (Lipinski definition) is 3. The predicted molar refractivity (Wildman–Crippen MR) is 147 cm³/mol. The second kappa shape index (κ2) is 12.7. The lowest BCUT2D eigenvalue weighted by molar-refractivity contribution is 0.0953. The zero-order valence-electron chi connectivity index (χ0n) is 21.1. The summed E-state index contributed by atoms with van der Waals surface area (Å²) in [4.78, 5) is 17.3. The summed E-state index contributed by atoms with van der Waals surface area (Å²) < 4.78 is 8.38. The molecular formula is C31H35N3O2. The summed E-state index contributed by atoms with van der Waals surface area (Å²) >= 11 is 0. The van der Waals surface area contributed by atoms with Gasteiger partial charge in [-0.2, -0.15) is 0 Å². The molecule has 0 atom stereocenters. The average molecular weight is 482 g/mol. The molecule has 5 nitrogen and oxygen atoms in total. The quantitative estimate of drug-likeness (QED) is 0.180. The van der Waals surface area contributed by atoms with E-state index in [4.69, 9.17) is 9.72 Å². The predicted octanol–water partition coefficient (Wildman–Crippen LogP) is 6.30. The molecule has 186 valence electrons. The molecule has 4 aromatic rings. The highest BCUT2D eigenvalue weighted by Crippen LogP contribution is 2.20. The van der Waals surface area contributed by atoms with E-state index in [2.05, 4.69) is 40.7 Å². The highest BCUT2D eigenvalue weighted by molar-refractivity contribution is 5.94. The number of ether oxygens (including phenoxy) is 1. The Morgan fingerprint density at radius 2 is 1.86 bits per heavy atom. The standard InChI is InChI=1S/C31H35N3O2/c1-3-12-25-14-4-7-18-29(25)36-22-9-8-21-34-28-17-6-5-16-27(28)33-30(34)19-11-20-32-31(35)26-15-10-13-24(2)23-26/h3-7,10,13-18,23H,1,8-9,11-12,19-22H2,2H3,(H,32,35). The van der Waals surface area contributed by atoms with Crippen molar-refractivity contribution in [3.8, 4) is 5.75 Å². The number of hydrogen-bond donors (Lipinski definition) is 1. The second-order valence-electron chi connectivity index (χ2n) is 9.05. The molecule has 0 fully saturated rings. The fraction of sp³-hybridized carbons (Fsp3) is 0.290. The van der Waals surface area contributed by atoms with Crippen molar-refractivity contribution in [1.29, 1.82) is 0 Å². The number of aromatic nitrogens is 2. The van der Waals surface area contributed by atoms with Gasteiger partial charge in [0.2, 0.25) is 0 Å². The van der Waals surface area contributed by atoms with Crippen LogP contribution in [0.15, 0.2) is 85.5 Å². The molecule has 0 radical (unpaired) electrons. The third-order valence-corrected chi connectivity index (χ3v) is 6.25. The number of imidazole rings is 1. The van der Waals surface area contributed by atoms with Crippen LogP contribution < -0.4 is 10.1 Å². The number of amides is 1. The van der Waals surface area contributed by atoms with Crippen molar-refractivity contribution in [3.63, 3.8) is 0 Å². The lowest BCUT2D eigenvalue weighted by atomic mass is 10.1. The van der Waals surface area contributed by atoms with E-state index in [-0.39, 0.29) is 5.91 Å². The van der Waals surface area contributed by atoms with Crippen LogP contribution in [0.1, 0.15) is 46.6 Å². The first-order valence-corrected chi connectivity index (χ1v) is 12.8. The lowest BCUT2D eigenvalue weighted by Crippen LogP contribution is -2.25. The van der Waals surface area contributed by atoms with Gasteiger partial charge in [0, 0.05) is 25.1 Å². The SMILES string of the molecule is C=CCc1ccccc1OCCCCn1c(CCCNC(=O)c2cccc(C)c2)nc2ccccc21. The van der Waals surface area contributed by atoms with Crippen LogP contribution in [-0.4, -0.2) is 28.6 Å². The van der Waals surface area contributed by atoms with Gasteiger partial charge in [-0.25, -0.2) is 4.98 Å². The number of benzene rings is 3. The Balaban J connectivity index is 1.30. The van der Waals surface area contributed by atoms with Crippen molar-refractivity contribution in [3.05, 3.63) is 108 Å². The number of carbonyl (C=O) groups is 1. The molecule has 1 N–H and O–H groups in total. The maximum absolute atomic E-state index is 12.4. The topological polar surface area (TPSA) is 56.1 Å². The maximum Gasteiger partial charge on any atom is 0.251 e. The summed E-state index contributed by atoms with van der Waals surface area (Å²) in [7, 11) is 0. The minimum absolute atomic E-state index is 0.0260. The van der Waals surface area contributed by atoms with Crippen molar-refractivity contribution in [2.24, 2.45) is 0 Å². The van der Waals surface area contributed by atoms with Crippen LogP contribution in [0.25, 0.3) is 11.0 Å². The molecular weight excluding hydrogens is 446 g/mol. The van der Waals surface area contributed by atoms with E-state index in [0.29, 0.717) is 18.7 Å². The number of carbonyl (C=O) groups excluding carboxylic acids is 1. The highest BCUT2D eigenvalue weighted by atomic mass is 16.5. The lowest BCUT2D eigenvalue weighted by Gasteiger charge is -2.12. The van der Waals surface area contributed by atoms with Gasteiger partial charge in [-0.3, -0.25) is 4.79 Å². The van der Waals surface area contributed by atoms with Gasteiger partial charge in [-0.1, -0.05) is 54.1 Å². The number of allylic oxidation sites excluding steroid dienone is 1. The normalized spacial score (nSPS) is 10.9. The van der Waals surface area contributed by atoms with Gasteiger partial charge in [-0.15, -0.1) is 6.58 Å². The van der Waals surface area contributed by atoms with Crippen LogP contribution in [0.4, 0.5) is 0 Å². The number of fused-ring (bicyclic) bond motifs is 1. The number of para-hydroxylation sites is 3. The smallest absolute Gasteiger partial charge is 0.251 e. The van der Waals surface area contributed by atoms with Gasteiger partial charge >= 0.3 is 0 Å². The highest BCUT2D eigenvalue weighted by Gasteiger charge is 2.11. The van der Waals surface area contributed by atoms with E-state index in [1.165, 1.54) is 5.56 Å². The largest absolute Gasteiger partial charge is 0.493 e. The zero-order valence-corrected chi connectivity index (χ0v) is 21.1. The van der Waals surface area contributed by atoms with Gasteiger partial charge in [0.05, 0.1) is 17.6 Å². The van der Waals surface area contributed by atoms with Crippen LogP contribution in [0.2, 0.25) is 0 Å². The van der Waals surface area contributed by atoms with Crippen LogP contribution >= 0.6 is 0 Å². The summed E-state index contributed by atoms with van der Waals surface area (Å²) in [5, 5.41) is 3.04. The van der Waals surface area contributed by atoms with Gasteiger partial charge in [0.25, 0.3) is 5.91 Å². The van der Waals surface area contributed by atoms with E-state index in [0.717, 1.165) is 66.8 Å². The number of rotatable bonds is 13. The minimum atomic E-state index is -0.0260. The first-order chi connectivity index (χ1) is 17.7. The fourth-order valence-corrected chi connectivity index (χ4v) is 4.43. The van der Waals surface area contributed by atoms with Crippen LogP contribution in [0.5, 0.6) is 5.75 Å². The molecule has 5 heteroatoms. The zero-order chi connectivity index (χ0) is 25.2. The molecule has 4 rings (SSSR count). The molecule has 0 unspecified atom stereocenters. The van der Waals surface area contributed by atoms with Crippen LogP contribution in [0.3, 0.4) is 0 Å². The Morgan fingerprint density at radius 3 is 2.72 bits per heavy atom. The van der Waals surface area contributed by atoms with Crippen molar-refractivity contribution in [1.82, 2.24) is 14.9 Å². The molecule has 0 spiro atoms. The number of nitrogens with zero attached hydrogens (tertiary/aromatic N) is 2. The van der Waals surface area contributed by atoms with E-state index < -0.39 is 0 Å². The molecule has 36 heavy (non-hydrogen) atoms. The summed E-state index contributed by atoms with van der Waals surface area (Å²) in [5.41, 5.74) is 5.14. The monoisotopic (exact) mass is 481 g/mol. The van der Waals surface area contributed by atoms with Gasteiger partial charge in [0.1, 0.15) is 11.6 Å². The van der Waals surface area contributed by atoms with Gasteiger partial charge < -0.3 is 14.6 Å². The molecule has 3 aromatic carbocycles. The molecule has 0 aliphatic carbocycles. The van der Waals surface area contributed by atoms with E-state index in [9.17, 15) is 4.79 Å². The molecule has 1 aromatic heterocycles. The Labute approximate surface area is 213 Å². The second-order valence-corrected chi connectivity index (χ2v) is 9.05. The third-order valence-electron chi connectivity index (χ3n) is 6.25. The molecule has 1 amide bonds. The van der Waals surface area contributed by atoms with Crippen molar-refractivity contribution >= 4 is 16.9 Å². The Kier molecular flexibility index (Phi) is 8.92. The fourth-order valence-electron chi connectivity index (χ4n) is 4.43. The number of aryl methyl sites for hydroxylation is 3. The van der Waals surface area contributed by atoms with E-state index in [1.807, 2.05) is 61.5 Å². The molecule has 0 bridgehead atoms. The summed E-state index contributed by atoms with van der Waals surface area (Å²) in [6, 6.07) is 24.1. The molecule has 0 aliphatic rings. The first-order valence-electron chi connectivity index (χ1n) is 12.8. The van der Waals surface area contributed by atoms with Crippen LogP contribution in [0, 0.1) is 6.92 Å². The maximum atomic E-state index is 12.4. The van der Waals surface area contributed by atoms with Crippen molar-refractivity contribution < 1.29 is 9.53 Å². The van der Waals surface area contributed by atoms with Crippen LogP contribution in [-0.2, 0) is 19.4 Å². The summed E-state index contributed by atoms with van der Waals surface area (Å²) in [5.74, 6) is 1.99. The Bertz CT molecular complexity index is 1310. The van der Waals surface area contributed by atoms with Crippen molar-refractivity contribution in [2.75, 3.05) is 13.2 Å². The Morgan fingerprint density at radius 1 is 1.03 bits per heavy atom. The molecule has 0 saturated heterocycles. The summed E-state index contributed by atoms with van der Waals surface area (Å²) in [6.07, 6.45) is 6.33. The third kappa shape index (κ3) is 6.63. The molecule has 1 heterocycles. The van der Waals surface area contributed by atoms with Gasteiger partial charge in [-0.05, 0) is 68.5 Å². The van der Waals surface area contributed by atoms with E-state index >= 15 is 0 Å².